The first-order chi connectivity index (χ1) is 19.8. The predicted molar refractivity (Wildman–Crippen MR) is 166 cm³/mol. The molecule has 11 atom stereocenters. The van der Waals surface area contributed by atoms with Crippen molar-refractivity contribution in [2.75, 3.05) is 0 Å². The number of esters is 1. The summed E-state index contributed by atoms with van der Waals surface area (Å²) < 4.78 is 12.2. The second-order valence-corrected chi connectivity index (χ2v) is 13.9. The Bertz CT molecular complexity index is 869. The average molecular weight is 593 g/mol. The van der Waals surface area contributed by atoms with Gasteiger partial charge in [0.25, 0.3) is 0 Å². The van der Waals surface area contributed by atoms with Crippen molar-refractivity contribution in [1.29, 1.82) is 0 Å². The number of hydrogen-bond donors (Lipinski definition) is 2. The lowest BCUT2D eigenvalue weighted by molar-refractivity contribution is -0.159. The second kappa shape index (κ2) is 18.3. The quantitative estimate of drug-likeness (QED) is 0.185. The standard InChI is InChI=1S/C35H60O7/c1-8-28(36)12-10-9-11-25(5)34(40)32-20-27(7)35-31(38)21-29(41-35)16-15-22(2)17-26(6)30(37)18-23(3)13-14-24(4)19-33(39)42-32/h13-14,22-27,29-32,35,37-38H,8-12,15-21H2,1-7H3. The van der Waals surface area contributed by atoms with Crippen LogP contribution in [0.5, 0.6) is 0 Å². The molecule has 2 rings (SSSR count). The van der Waals surface area contributed by atoms with Gasteiger partial charge in [-0.05, 0) is 74.5 Å². The number of ketones is 2. The van der Waals surface area contributed by atoms with Crippen molar-refractivity contribution < 1.29 is 34.1 Å². The van der Waals surface area contributed by atoms with Crippen LogP contribution in [0, 0.1) is 35.5 Å². The van der Waals surface area contributed by atoms with E-state index in [1.54, 1.807) is 0 Å². The van der Waals surface area contributed by atoms with Crippen molar-refractivity contribution in [3.05, 3.63) is 12.2 Å². The van der Waals surface area contributed by atoms with Gasteiger partial charge in [-0.15, -0.1) is 0 Å². The van der Waals surface area contributed by atoms with Crippen LogP contribution >= 0.6 is 0 Å². The smallest absolute Gasteiger partial charge is 0.307 e. The normalized spacial score (nSPS) is 36.6. The molecule has 0 radical (unpaired) electrons. The van der Waals surface area contributed by atoms with Gasteiger partial charge < -0.3 is 19.7 Å². The maximum absolute atomic E-state index is 13.6. The highest BCUT2D eigenvalue weighted by atomic mass is 16.5. The van der Waals surface area contributed by atoms with Crippen molar-refractivity contribution >= 4 is 17.5 Å². The number of hydrogen-bond acceptors (Lipinski definition) is 7. The fourth-order valence-corrected chi connectivity index (χ4v) is 6.56. The molecular weight excluding hydrogens is 532 g/mol. The molecule has 2 bridgehead atoms. The van der Waals surface area contributed by atoms with E-state index < -0.39 is 30.4 Å². The lowest BCUT2D eigenvalue weighted by Gasteiger charge is -2.28. The van der Waals surface area contributed by atoms with E-state index in [0.717, 1.165) is 32.1 Å². The summed E-state index contributed by atoms with van der Waals surface area (Å²) in [6, 6.07) is 0. The number of ether oxygens (including phenoxy) is 2. The fraction of sp³-hybridized carbons (Fsp3) is 0.857. The van der Waals surface area contributed by atoms with E-state index in [4.69, 9.17) is 9.47 Å². The number of Topliss-reactive ketones (excluding diaryl/α,β-unsaturated/α-hetero) is 2. The molecule has 1 fully saturated rings. The van der Waals surface area contributed by atoms with Crippen LogP contribution in [0.3, 0.4) is 0 Å². The summed E-state index contributed by atoms with van der Waals surface area (Å²) in [5, 5.41) is 21.7. The van der Waals surface area contributed by atoms with E-state index in [-0.39, 0.29) is 53.7 Å². The van der Waals surface area contributed by atoms with Gasteiger partial charge in [0.1, 0.15) is 5.78 Å². The fourth-order valence-electron chi connectivity index (χ4n) is 6.56. The maximum Gasteiger partial charge on any atom is 0.307 e. The number of cyclic esters (lactones) is 1. The van der Waals surface area contributed by atoms with Crippen molar-refractivity contribution in [3.8, 4) is 0 Å². The highest BCUT2D eigenvalue weighted by Crippen LogP contribution is 2.33. The molecule has 7 heteroatoms. The van der Waals surface area contributed by atoms with Crippen LogP contribution in [0.15, 0.2) is 12.2 Å². The van der Waals surface area contributed by atoms with Gasteiger partial charge in [-0.1, -0.05) is 67.0 Å². The second-order valence-electron chi connectivity index (χ2n) is 13.9. The van der Waals surface area contributed by atoms with E-state index in [0.29, 0.717) is 44.4 Å². The number of aliphatic hydroxyl groups is 2. The van der Waals surface area contributed by atoms with Crippen LogP contribution in [0.4, 0.5) is 0 Å². The van der Waals surface area contributed by atoms with Gasteiger partial charge in [0.2, 0.25) is 0 Å². The number of unbranched alkanes of at least 4 members (excludes halogenated alkanes) is 1. The summed E-state index contributed by atoms with van der Waals surface area (Å²) >= 11 is 0. The Morgan fingerprint density at radius 3 is 2.29 bits per heavy atom. The van der Waals surface area contributed by atoms with Crippen LogP contribution in [0.25, 0.3) is 0 Å². The van der Waals surface area contributed by atoms with Crippen LogP contribution in [-0.4, -0.2) is 58.3 Å². The lowest BCUT2D eigenvalue weighted by Crippen LogP contribution is -2.38. The summed E-state index contributed by atoms with van der Waals surface area (Å²) in [5.74, 6) is -0.00805. The molecule has 0 saturated carbocycles. The average Bonchev–Trinajstić information content (AvgIpc) is 3.31. The molecule has 0 aromatic heterocycles. The van der Waals surface area contributed by atoms with Crippen molar-refractivity contribution in [1.82, 2.24) is 0 Å². The highest BCUT2D eigenvalue weighted by Gasteiger charge is 2.40. The van der Waals surface area contributed by atoms with Gasteiger partial charge in [0, 0.05) is 25.2 Å². The SMILES string of the molecule is CCC(=O)CCCCC(C)C(=O)C1CC(C)C2OC(CCC(C)CC(C)C(O)CC(C)C=CC(C)CC(=O)O1)CC2O. The Labute approximate surface area is 255 Å². The van der Waals surface area contributed by atoms with Gasteiger partial charge in [-0.3, -0.25) is 14.4 Å². The minimum atomic E-state index is -0.896. The molecule has 0 amide bonds. The van der Waals surface area contributed by atoms with Crippen molar-refractivity contribution in [3.63, 3.8) is 0 Å². The number of aliphatic hydroxyl groups excluding tert-OH is 2. The Morgan fingerprint density at radius 1 is 0.905 bits per heavy atom. The maximum atomic E-state index is 13.6. The number of carbonyl (C=O) groups is 3. The monoisotopic (exact) mass is 592 g/mol. The van der Waals surface area contributed by atoms with Gasteiger partial charge in [-0.25, -0.2) is 0 Å². The zero-order chi connectivity index (χ0) is 31.4. The Morgan fingerprint density at radius 2 is 1.60 bits per heavy atom. The first-order valence-corrected chi connectivity index (χ1v) is 16.7. The topological polar surface area (TPSA) is 110 Å². The molecule has 0 spiro atoms. The highest BCUT2D eigenvalue weighted by molar-refractivity contribution is 5.87. The van der Waals surface area contributed by atoms with Gasteiger partial charge in [0.05, 0.1) is 30.8 Å². The summed E-state index contributed by atoms with van der Waals surface area (Å²) in [7, 11) is 0. The first-order valence-electron chi connectivity index (χ1n) is 16.7. The number of carbonyl (C=O) groups excluding carboxylic acids is 3. The van der Waals surface area contributed by atoms with Crippen molar-refractivity contribution in [2.24, 2.45) is 35.5 Å². The Kier molecular flexibility index (Phi) is 15.9. The number of allylic oxidation sites excluding steroid dienone is 2. The molecule has 0 aromatic carbocycles. The zero-order valence-electron chi connectivity index (χ0n) is 27.4. The lowest BCUT2D eigenvalue weighted by atomic mass is 9.85. The van der Waals surface area contributed by atoms with Crippen LogP contribution < -0.4 is 0 Å². The predicted octanol–water partition coefficient (Wildman–Crippen LogP) is 6.61. The molecule has 11 unspecified atom stereocenters. The number of rotatable bonds is 8. The molecule has 2 aliphatic rings. The third kappa shape index (κ3) is 12.6. The number of fused-ring (bicyclic) bond motifs is 2. The largest absolute Gasteiger partial charge is 0.454 e. The molecule has 7 nitrogen and oxygen atoms in total. The molecule has 2 N–H and O–H groups in total. The van der Waals surface area contributed by atoms with Crippen LogP contribution in [0.2, 0.25) is 0 Å². The summed E-state index contributed by atoms with van der Waals surface area (Å²) in [4.78, 5) is 38.3. The van der Waals surface area contributed by atoms with Gasteiger partial charge in [-0.2, -0.15) is 0 Å². The molecule has 2 heterocycles. The van der Waals surface area contributed by atoms with Crippen LogP contribution in [-0.2, 0) is 23.9 Å². The molecule has 242 valence electrons. The summed E-state index contributed by atoms with van der Waals surface area (Å²) in [6.45, 7) is 14.1. The Balaban J connectivity index is 2.18. The van der Waals surface area contributed by atoms with Crippen molar-refractivity contribution in [2.45, 2.75) is 156 Å². The minimum Gasteiger partial charge on any atom is -0.454 e. The van der Waals surface area contributed by atoms with Gasteiger partial charge in [0.15, 0.2) is 11.9 Å². The Hall–Kier alpha value is -1.57. The summed E-state index contributed by atoms with van der Waals surface area (Å²) in [5.41, 5.74) is 0. The van der Waals surface area contributed by atoms with E-state index >= 15 is 0 Å². The summed E-state index contributed by atoms with van der Waals surface area (Å²) in [6.07, 6.45) is 9.38. The molecule has 0 aliphatic carbocycles. The first kappa shape index (κ1) is 36.6. The third-order valence-corrected chi connectivity index (χ3v) is 9.48. The minimum absolute atomic E-state index is 0.0480. The van der Waals surface area contributed by atoms with E-state index in [1.165, 1.54) is 0 Å². The third-order valence-electron chi connectivity index (χ3n) is 9.48. The van der Waals surface area contributed by atoms with E-state index in [9.17, 15) is 24.6 Å². The van der Waals surface area contributed by atoms with Gasteiger partial charge >= 0.3 is 5.97 Å². The van der Waals surface area contributed by atoms with E-state index in [1.807, 2.05) is 33.8 Å². The molecule has 2 aliphatic heterocycles. The zero-order valence-corrected chi connectivity index (χ0v) is 27.4. The van der Waals surface area contributed by atoms with Crippen LogP contribution in [0.1, 0.15) is 126 Å². The molecule has 0 aromatic rings. The molecule has 42 heavy (non-hydrogen) atoms. The molecular formula is C35H60O7. The molecule has 1 saturated heterocycles. The van der Waals surface area contributed by atoms with E-state index in [2.05, 4.69) is 26.8 Å².